The molecule has 5 nitrogen and oxygen atoms in total. The minimum Gasteiger partial charge on any atom is -0.409 e. The second-order valence-corrected chi connectivity index (χ2v) is 4.51. The molecule has 0 aliphatic rings. The number of carbonyl (C=O) groups is 1. The lowest BCUT2D eigenvalue weighted by molar-refractivity contribution is -0.121. The number of rotatable bonds is 3. The third-order valence-corrected chi connectivity index (χ3v) is 2.67. The molecule has 4 N–H and O–H groups in total. The quantitative estimate of drug-likeness (QED) is 0.334. The van der Waals surface area contributed by atoms with E-state index in [0.717, 1.165) is 0 Å². The number of oxime groups is 1. The third-order valence-electron chi connectivity index (χ3n) is 2.42. The van der Waals surface area contributed by atoms with Crippen molar-refractivity contribution in [3.05, 3.63) is 29.3 Å². The zero-order chi connectivity index (χ0) is 13.1. The number of amidine groups is 1. The van der Waals surface area contributed by atoms with Gasteiger partial charge in [-0.3, -0.25) is 4.79 Å². The van der Waals surface area contributed by atoms with E-state index < -0.39 is 5.41 Å². The van der Waals surface area contributed by atoms with E-state index in [2.05, 4.69) is 10.5 Å². The van der Waals surface area contributed by atoms with Crippen molar-refractivity contribution in [1.82, 2.24) is 0 Å². The van der Waals surface area contributed by atoms with E-state index in [1.165, 1.54) is 0 Å². The summed E-state index contributed by atoms with van der Waals surface area (Å²) in [5.41, 5.74) is 4.95. The number of nitrogens with two attached hydrogens (primary N) is 1. The molecule has 6 heteroatoms. The minimum atomic E-state index is -1.09. The van der Waals surface area contributed by atoms with E-state index in [1.807, 2.05) is 0 Å². The van der Waals surface area contributed by atoms with Gasteiger partial charge in [0, 0.05) is 10.7 Å². The molecule has 0 saturated carbocycles. The van der Waals surface area contributed by atoms with Gasteiger partial charge >= 0.3 is 0 Å². The molecule has 17 heavy (non-hydrogen) atoms. The highest BCUT2D eigenvalue weighted by atomic mass is 35.5. The standard InChI is InChI=1S/C11H14ClN3O2/c1-11(2,9(13)15-17)10(16)14-8-5-3-7(12)4-6-8/h3-6,17H,1-2H3,(H2,13,15)(H,14,16). The Bertz CT molecular complexity index is 441. The zero-order valence-corrected chi connectivity index (χ0v) is 10.3. The first-order valence-corrected chi connectivity index (χ1v) is 5.30. The lowest BCUT2D eigenvalue weighted by Crippen LogP contribution is -2.42. The Balaban J connectivity index is 2.82. The molecule has 1 rings (SSSR count). The van der Waals surface area contributed by atoms with Crippen molar-refractivity contribution in [2.24, 2.45) is 16.3 Å². The van der Waals surface area contributed by atoms with Crippen LogP contribution < -0.4 is 11.1 Å². The summed E-state index contributed by atoms with van der Waals surface area (Å²) in [6, 6.07) is 6.66. The van der Waals surface area contributed by atoms with Crippen LogP contribution in [0, 0.1) is 5.41 Å². The number of amides is 1. The summed E-state index contributed by atoms with van der Waals surface area (Å²) < 4.78 is 0. The first kappa shape index (κ1) is 13.3. The monoisotopic (exact) mass is 255 g/mol. The molecule has 1 amide bonds. The molecule has 0 aliphatic carbocycles. The summed E-state index contributed by atoms with van der Waals surface area (Å²) in [4.78, 5) is 11.9. The first-order valence-electron chi connectivity index (χ1n) is 4.93. The van der Waals surface area contributed by atoms with Crippen molar-refractivity contribution in [2.45, 2.75) is 13.8 Å². The second kappa shape index (κ2) is 5.05. The van der Waals surface area contributed by atoms with Gasteiger partial charge < -0.3 is 16.3 Å². The predicted octanol–water partition coefficient (Wildman–Crippen LogP) is 2.05. The van der Waals surface area contributed by atoms with Crippen molar-refractivity contribution in [3.63, 3.8) is 0 Å². The van der Waals surface area contributed by atoms with Crippen LogP contribution in [-0.4, -0.2) is 17.0 Å². The van der Waals surface area contributed by atoms with Gasteiger partial charge in [0.05, 0.1) is 0 Å². The molecule has 0 heterocycles. The fourth-order valence-electron chi connectivity index (χ4n) is 1.06. The van der Waals surface area contributed by atoms with E-state index >= 15 is 0 Å². The zero-order valence-electron chi connectivity index (χ0n) is 9.57. The molecular formula is C11H14ClN3O2. The van der Waals surface area contributed by atoms with Gasteiger partial charge in [0.15, 0.2) is 5.84 Å². The van der Waals surface area contributed by atoms with E-state index in [-0.39, 0.29) is 11.7 Å². The molecule has 0 saturated heterocycles. The van der Waals surface area contributed by atoms with Gasteiger partial charge in [0.1, 0.15) is 5.41 Å². The molecule has 0 atom stereocenters. The van der Waals surface area contributed by atoms with Crippen molar-refractivity contribution in [3.8, 4) is 0 Å². The molecule has 0 radical (unpaired) electrons. The highest BCUT2D eigenvalue weighted by Gasteiger charge is 2.32. The third kappa shape index (κ3) is 3.10. The summed E-state index contributed by atoms with van der Waals surface area (Å²) in [6.45, 7) is 3.13. The normalized spacial score (nSPS) is 12.3. The maximum absolute atomic E-state index is 11.9. The van der Waals surface area contributed by atoms with Crippen molar-refractivity contribution in [2.75, 3.05) is 5.32 Å². The molecule has 1 aromatic rings. The summed E-state index contributed by atoms with van der Waals surface area (Å²) in [5, 5.41) is 14.7. The van der Waals surface area contributed by atoms with Gasteiger partial charge in [-0.25, -0.2) is 0 Å². The molecule has 0 unspecified atom stereocenters. The van der Waals surface area contributed by atoms with Crippen LogP contribution in [0.25, 0.3) is 0 Å². The number of halogens is 1. The smallest absolute Gasteiger partial charge is 0.237 e. The van der Waals surface area contributed by atoms with Gasteiger partial charge in [-0.1, -0.05) is 16.8 Å². The topological polar surface area (TPSA) is 87.7 Å². The highest BCUT2D eigenvalue weighted by Crippen LogP contribution is 2.20. The Labute approximate surface area is 104 Å². The van der Waals surface area contributed by atoms with Gasteiger partial charge in [0.25, 0.3) is 0 Å². The Morgan fingerprint density at radius 2 is 1.94 bits per heavy atom. The molecule has 0 aliphatic heterocycles. The maximum Gasteiger partial charge on any atom is 0.237 e. The van der Waals surface area contributed by atoms with Crippen LogP contribution in [0.5, 0.6) is 0 Å². The molecule has 0 aromatic heterocycles. The summed E-state index contributed by atoms with van der Waals surface area (Å²) in [5.74, 6) is -0.515. The molecule has 0 fully saturated rings. The summed E-state index contributed by atoms with van der Waals surface area (Å²) in [6.07, 6.45) is 0. The van der Waals surface area contributed by atoms with Crippen LogP contribution in [0.3, 0.4) is 0 Å². The number of nitrogens with one attached hydrogen (secondary N) is 1. The largest absolute Gasteiger partial charge is 0.409 e. The molecule has 92 valence electrons. The number of nitrogens with zero attached hydrogens (tertiary/aromatic N) is 1. The number of anilines is 1. The lowest BCUT2D eigenvalue weighted by Gasteiger charge is -2.21. The molecule has 1 aromatic carbocycles. The van der Waals surface area contributed by atoms with Crippen molar-refractivity contribution in [1.29, 1.82) is 0 Å². The van der Waals surface area contributed by atoms with Gasteiger partial charge in [-0.15, -0.1) is 0 Å². The van der Waals surface area contributed by atoms with E-state index in [0.29, 0.717) is 10.7 Å². The van der Waals surface area contributed by atoms with Crippen LogP contribution in [0.15, 0.2) is 29.4 Å². The Hall–Kier alpha value is -1.75. The maximum atomic E-state index is 11.9. The number of carbonyl (C=O) groups excluding carboxylic acids is 1. The summed E-state index contributed by atoms with van der Waals surface area (Å²) >= 11 is 5.73. The van der Waals surface area contributed by atoms with Crippen LogP contribution in [0.2, 0.25) is 5.02 Å². The molecule has 0 spiro atoms. The second-order valence-electron chi connectivity index (χ2n) is 4.07. The van der Waals surface area contributed by atoms with Crippen molar-refractivity contribution >= 4 is 29.0 Å². The van der Waals surface area contributed by atoms with Crippen LogP contribution >= 0.6 is 11.6 Å². The number of hydrogen-bond acceptors (Lipinski definition) is 3. The van der Waals surface area contributed by atoms with E-state index in [9.17, 15) is 4.79 Å². The lowest BCUT2D eigenvalue weighted by atomic mass is 9.91. The van der Waals surface area contributed by atoms with Gasteiger partial charge in [-0.05, 0) is 38.1 Å². The van der Waals surface area contributed by atoms with Gasteiger partial charge in [0.2, 0.25) is 5.91 Å². The first-order chi connectivity index (χ1) is 7.87. The van der Waals surface area contributed by atoms with Crippen LogP contribution in [0.1, 0.15) is 13.8 Å². The molecular weight excluding hydrogens is 242 g/mol. The Morgan fingerprint density at radius 3 is 2.41 bits per heavy atom. The van der Waals surface area contributed by atoms with Crippen LogP contribution in [-0.2, 0) is 4.79 Å². The highest BCUT2D eigenvalue weighted by molar-refractivity contribution is 6.30. The molecule has 0 bridgehead atoms. The fraction of sp³-hybridized carbons (Fsp3) is 0.273. The minimum absolute atomic E-state index is 0.149. The fourth-order valence-corrected chi connectivity index (χ4v) is 1.19. The van der Waals surface area contributed by atoms with Crippen LogP contribution in [0.4, 0.5) is 5.69 Å². The average molecular weight is 256 g/mol. The van der Waals surface area contributed by atoms with E-state index in [1.54, 1.807) is 38.1 Å². The van der Waals surface area contributed by atoms with E-state index in [4.69, 9.17) is 22.5 Å². The average Bonchev–Trinajstić information content (AvgIpc) is 2.30. The van der Waals surface area contributed by atoms with Gasteiger partial charge in [-0.2, -0.15) is 0 Å². The number of hydrogen-bond donors (Lipinski definition) is 3. The SMILES string of the molecule is CC(C)(C(=O)Nc1ccc(Cl)cc1)C(N)=NO. The predicted molar refractivity (Wildman–Crippen MR) is 67.3 cm³/mol. The number of benzene rings is 1. The Kier molecular flexibility index (Phi) is 3.96. The Morgan fingerprint density at radius 1 is 1.41 bits per heavy atom. The summed E-state index contributed by atoms with van der Waals surface area (Å²) in [7, 11) is 0. The van der Waals surface area contributed by atoms with Crippen molar-refractivity contribution < 1.29 is 10.0 Å².